The van der Waals surface area contributed by atoms with E-state index in [-0.39, 0.29) is 10.8 Å². The summed E-state index contributed by atoms with van der Waals surface area (Å²) in [5.74, 6) is 1.53. The van der Waals surface area contributed by atoms with Crippen LogP contribution in [0, 0.1) is 0 Å². The maximum Gasteiger partial charge on any atom is 0.128 e. The lowest BCUT2D eigenvalue weighted by atomic mass is 9.78. The second-order valence-electron chi connectivity index (χ2n) is 9.99. The Kier molecular flexibility index (Phi) is 5.72. The molecule has 0 aliphatic carbocycles. The molecule has 0 bridgehead atoms. The third kappa shape index (κ3) is 4.67. The average molecular weight is 382 g/mol. The van der Waals surface area contributed by atoms with Gasteiger partial charge in [0.25, 0.3) is 0 Å². The molecular weight excluding hydrogens is 346 g/mol. The highest BCUT2D eigenvalue weighted by Gasteiger charge is 2.27. The van der Waals surface area contributed by atoms with Gasteiger partial charge in [-0.05, 0) is 39.7 Å². The molecule has 0 radical (unpaired) electrons. The number of aromatic hydroxyl groups is 1. The molecule has 4 heteroatoms. The Hall–Kier alpha value is -2.07. The zero-order valence-electron chi connectivity index (χ0n) is 18.3. The first-order valence-electron chi connectivity index (χ1n) is 10.3. The van der Waals surface area contributed by atoms with Gasteiger partial charge in [0.15, 0.2) is 0 Å². The van der Waals surface area contributed by atoms with Crippen molar-refractivity contribution in [3.63, 3.8) is 0 Å². The standard InChI is InChI=1S/C24H35N3O/c1-23(2,3)19-15-18(16-20(22(19)28)24(4,5)6)17-26-11-13-27(14-12-26)21-9-7-8-10-25-21/h7-10,15-16,28H,11-14,17H2,1-6H3. The minimum Gasteiger partial charge on any atom is -0.507 e. The first kappa shape index (κ1) is 20.7. The van der Waals surface area contributed by atoms with Crippen LogP contribution in [0.1, 0.15) is 58.2 Å². The number of aromatic nitrogens is 1. The van der Waals surface area contributed by atoms with Crippen LogP contribution in [-0.4, -0.2) is 41.2 Å². The zero-order valence-corrected chi connectivity index (χ0v) is 18.3. The summed E-state index contributed by atoms with van der Waals surface area (Å²) in [5.41, 5.74) is 3.21. The van der Waals surface area contributed by atoms with E-state index in [0.717, 1.165) is 49.7 Å². The quantitative estimate of drug-likeness (QED) is 0.836. The van der Waals surface area contributed by atoms with Gasteiger partial charge in [-0.1, -0.05) is 59.7 Å². The topological polar surface area (TPSA) is 39.6 Å². The molecule has 1 aromatic heterocycles. The maximum atomic E-state index is 10.9. The summed E-state index contributed by atoms with van der Waals surface area (Å²) >= 11 is 0. The molecule has 0 atom stereocenters. The van der Waals surface area contributed by atoms with E-state index in [4.69, 9.17) is 0 Å². The molecule has 1 fully saturated rings. The summed E-state index contributed by atoms with van der Waals surface area (Å²) in [6.45, 7) is 18.0. The van der Waals surface area contributed by atoms with Crippen LogP contribution in [0.2, 0.25) is 0 Å². The van der Waals surface area contributed by atoms with Crippen molar-refractivity contribution in [2.75, 3.05) is 31.1 Å². The number of piperazine rings is 1. The molecule has 3 rings (SSSR count). The number of benzene rings is 1. The highest BCUT2D eigenvalue weighted by molar-refractivity contribution is 5.50. The van der Waals surface area contributed by atoms with E-state index in [1.807, 2.05) is 18.3 Å². The summed E-state index contributed by atoms with van der Waals surface area (Å²) in [6.07, 6.45) is 1.86. The van der Waals surface area contributed by atoms with Gasteiger partial charge >= 0.3 is 0 Å². The maximum absolute atomic E-state index is 10.9. The van der Waals surface area contributed by atoms with Crippen LogP contribution >= 0.6 is 0 Å². The van der Waals surface area contributed by atoms with Crippen LogP contribution in [0.5, 0.6) is 5.75 Å². The fourth-order valence-electron chi connectivity index (χ4n) is 3.86. The number of phenols is 1. The van der Waals surface area contributed by atoms with E-state index in [2.05, 4.69) is 74.5 Å². The number of hydrogen-bond acceptors (Lipinski definition) is 4. The van der Waals surface area contributed by atoms with E-state index >= 15 is 0 Å². The van der Waals surface area contributed by atoms with E-state index in [0.29, 0.717) is 5.75 Å². The van der Waals surface area contributed by atoms with Gasteiger partial charge in [-0.3, -0.25) is 4.90 Å². The molecule has 1 N–H and O–H groups in total. The SMILES string of the molecule is CC(C)(C)c1cc(CN2CCN(c3ccccn3)CC2)cc(C(C)(C)C)c1O. The van der Waals surface area contributed by atoms with Crippen molar-refractivity contribution in [3.8, 4) is 5.75 Å². The molecule has 2 heterocycles. The number of rotatable bonds is 3. The number of pyridine rings is 1. The highest BCUT2D eigenvalue weighted by atomic mass is 16.3. The number of hydrogen-bond donors (Lipinski definition) is 1. The third-order valence-electron chi connectivity index (χ3n) is 5.54. The lowest BCUT2D eigenvalue weighted by Gasteiger charge is -2.36. The largest absolute Gasteiger partial charge is 0.507 e. The Balaban J connectivity index is 1.77. The average Bonchev–Trinajstić information content (AvgIpc) is 2.62. The van der Waals surface area contributed by atoms with Crippen LogP contribution in [0.25, 0.3) is 0 Å². The normalized spacial score (nSPS) is 16.4. The summed E-state index contributed by atoms with van der Waals surface area (Å²) < 4.78 is 0. The van der Waals surface area contributed by atoms with E-state index in [9.17, 15) is 5.11 Å². The Morgan fingerprint density at radius 1 is 0.893 bits per heavy atom. The van der Waals surface area contributed by atoms with Gasteiger partial charge in [0.05, 0.1) is 0 Å². The van der Waals surface area contributed by atoms with Crippen LogP contribution in [0.4, 0.5) is 5.82 Å². The minimum absolute atomic E-state index is 0.0855. The summed E-state index contributed by atoms with van der Waals surface area (Å²) in [7, 11) is 0. The Labute approximate surface area is 170 Å². The van der Waals surface area contributed by atoms with Crippen LogP contribution in [-0.2, 0) is 17.4 Å². The molecule has 0 unspecified atom stereocenters. The van der Waals surface area contributed by atoms with E-state index in [1.54, 1.807) is 0 Å². The van der Waals surface area contributed by atoms with Crippen molar-refractivity contribution in [3.05, 3.63) is 53.2 Å². The Morgan fingerprint density at radius 2 is 1.46 bits per heavy atom. The van der Waals surface area contributed by atoms with Gasteiger partial charge in [0, 0.05) is 38.9 Å². The van der Waals surface area contributed by atoms with Gasteiger partial charge < -0.3 is 10.0 Å². The molecule has 0 saturated carbocycles. The minimum atomic E-state index is -0.0855. The third-order valence-corrected chi connectivity index (χ3v) is 5.54. The molecule has 1 aliphatic heterocycles. The van der Waals surface area contributed by atoms with Crippen LogP contribution < -0.4 is 4.90 Å². The second-order valence-corrected chi connectivity index (χ2v) is 9.99. The van der Waals surface area contributed by atoms with Crippen molar-refractivity contribution < 1.29 is 5.11 Å². The predicted molar refractivity (Wildman–Crippen MR) is 117 cm³/mol. The van der Waals surface area contributed by atoms with Crippen LogP contribution in [0.3, 0.4) is 0 Å². The summed E-state index contributed by atoms with van der Waals surface area (Å²) in [4.78, 5) is 9.34. The van der Waals surface area contributed by atoms with Crippen molar-refractivity contribution in [2.24, 2.45) is 0 Å². The molecule has 28 heavy (non-hydrogen) atoms. The molecule has 1 aliphatic rings. The molecule has 4 nitrogen and oxygen atoms in total. The lowest BCUT2D eigenvalue weighted by molar-refractivity contribution is 0.249. The molecule has 0 spiro atoms. The van der Waals surface area contributed by atoms with Crippen LogP contribution in [0.15, 0.2) is 36.5 Å². The van der Waals surface area contributed by atoms with E-state index < -0.39 is 0 Å². The van der Waals surface area contributed by atoms with Gasteiger partial charge in [0.2, 0.25) is 0 Å². The van der Waals surface area contributed by atoms with Crippen molar-refractivity contribution >= 4 is 5.82 Å². The van der Waals surface area contributed by atoms with Gasteiger partial charge in [-0.25, -0.2) is 4.98 Å². The van der Waals surface area contributed by atoms with Crippen molar-refractivity contribution in [1.29, 1.82) is 0 Å². The summed E-state index contributed by atoms with van der Waals surface area (Å²) in [6, 6.07) is 10.5. The monoisotopic (exact) mass is 381 g/mol. The first-order chi connectivity index (χ1) is 13.1. The fraction of sp³-hybridized carbons (Fsp3) is 0.542. The number of anilines is 1. The highest BCUT2D eigenvalue weighted by Crippen LogP contribution is 2.40. The molecule has 1 saturated heterocycles. The van der Waals surface area contributed by atoms with E-state index in [1.165, 1.54) is 5.56 Å². The van der Waals surface area contributed by atoms with Crippen molar-refractivity contribution in [1.82, 2.24) is 9.88 Å². The van der Waals surface area contributed by atoms with Gasteiger partial charge in [-0.15, -0.1) is 0 Å². The fourth-order valence-corrected chi connectivity index (χ4v) is 3.86. The summed E-state index contributed by atoms with van der Waals surface area (Å²) in [5, 5.41) is 10.9. The predicted octanol–water partition coefficient (Wildman–Crippen LogP) is 4.70. The smallest absolute Gasteiger partial charge is 0.128 e. The zero-order chi connectivity index (χ0) is 20.5. The Bertz CT molecular complexity index is 760. The molecule has 1 aromatic carbocycles. The molecule has 152 valence electrons. The second kappa shape index (κ2) is 7.75. The molecule has 2 aromatic rings. The van der Waals surface area contributed by atoms with Gasteiger partial charge in [-0.2, -0.15) is 0 Å². The number of nitrogens with zero attached hydrogens (tertiary/aromatic N) is 3. The van der Waals surface area contributed by atoms with Gasteiger partial charge in [0.1, 0.15) is 11.6 Å². The Morgan fingerprint density at radius 3 is 1.93 bits per heavy atom. The lowest BCUT2D eigenvalue weighted by Crippen LogP contribution is -2.46. The number of phenolic OH excluding ortho intramolecular Hbond substituents is 1. The first-order valence-corrected chi connectivity index (χ1v) is 10.3. The molecule has 0 amide bonds. The van der Waals surface area contributed by atoms with Crippen molar-refractivity contribution in [2.45, 2.75) is 58.9 Å². The molecular formula is C24H35N3O.